The molecule has 1 aliphatic heterocycles. The third kappa shape index (κ3) is 5.20. The SMILES string of the molecule is OCC(O)C1CCN(Cc2ccccc2OCc2c(F)cccc2Cl)CC1. The standard InChI is InChI=1S/C21H25ClFNO3/c22-18-5-3-6-19(23)17(18)14-27-21-7-2-1-4-16(21)12-24-10-8-15(9-11-24)20(26)13-25/h1-7,15,20,25-26H,8-14H2. The summed E-state index contributed by atoms with van der Waals surface area (Å²) >= 11 is 6.08. The zero-order valence-corrected chi connectivity index (χ0v) is 15.9. The number of ether oxygens (including phenoxy) is 1. The maximum absolute atomic E-state index is 13.9. The maximum Gasteiger partial charge on any atom is 0.131 e. The maximum atomic E-state index is 13.9. The molecule has 1 fully saturated rings. The lowest BCUT2D eigenvalue weighted by Crippen LogP contribution is -2.38. The van der Waals surface area contributed by atoms with Crippen molar-refractivity contribution in [2.75, 3.05) is 19.7 Å². The Balaban J connectivity index is 1.61. The summed E-state index contributed by atoms with van der Waals surface area (Å²) in [5.41, 5.74) is 1.39. The molecule has 0 aromatic heterocycles. The molecule has 1 unspecified atom stereocenters. The first kappa shape index (κ1) is 20.1. The van der Waals surface area contributed by atoms with E-state index < -0.39 is 6.10 Å². The van der Waals surface area contributed by atoms with Gasteiger partial charge in [0, 0.05) is 17.7 Å². The van der Waals surface area contributed by atoms with Crippen LogP contribution in [0.15, 0.2) is 42.5 Å². The predicted molar refractivity (Wildman–Crippen MR) is 103 cm³/mol. The number of hydrogen-bond donors (Lipinski definition) is 2. The van der Waals surface area contributed by atoms with Crippen molar-refractivity contribution in [1.82, 2.24) is 4.90 Å². The number of rotatable bonds is 7. The highest BCUT2D eigenvalue weighted by atomic mass is 35.5. The number of benzene rings is 2. The number of aliphatic hydroxyl groups excluding tert-OH is 2. The van der Waals surface area contributed by atoms with Gasteiger partial charge in [0.1, 0.15) is 18.2 Å². The van der Waals surface area contributed by atoms with Gasteiger partial charge in [0.05, 0.1) is 17.7 Å². The molecule has 6 heteroatoms. The summed E-state index contributed by atoms with van der Waals surface area (Å²) in [4.78, 5) is 2.30. The number of para-hydroxylation sites is 1. The number of halogens is 2. The van der Waals surface area contributed by atoms with Crippen molar-refractivity contribution in [1.29, 1.82) is 0 Å². The second kappa shape index (κ2) is 9.51. The molecule has 0 radical (unpaired) electrons. The Bertz CT molecular complexity index is 730. The fraction of sp³-hybridized carbons (Fsp3) is 0.429. The molecular weight excluding hydrogens is 369 g/mol. The number of nitrogens with zero attached hydrogens (tertiary/aromatic N) is 1. The molecule has 0 saturated carbocycles. The molecule has 0 spiro atoms. The lowest BCUT2D eigenvalue weighted by atomic mass is 9.91. The van der Waals surface area contributed by atoms with Crippen LogP contribution in [0.5, 0.6) is 5.75 Å². The molecule has 3 rings (SSSR count). The second-order valence-electron chi connectivity index (χ2n) is 6.96. The van der Waals surface area contributed by atoms with Crippen LogP contribution >= 0.6 is 11.6 Å². The molecule has 1 aliphatic rings. The lowest BCUT2D eigenvalue weighted by Gasteiger charge is -2.34. The number of likely N-dealkylation sites (tertiary alicyclic amines) is 1. The van der Waals surface area contributed by atoms with E-state index in [1.165, 1.54) is 6.07 Å². The molecule has 0 aliphatic carbocycles. The molecule has 2 N–H and O–H groups in total. The van der Waals surface area contributed by atoms with Crippen molar-refractivity contribution < 1.29 is 19.3 Å². The molecule has 0 bridgehead atoms. The largest absolute Gasteiger partial charge is 0.488 e. The predicted octanol–water partition coefficient (Wildman–Crippen LogP) is 3.62. The van der Waals surface area contributed by atoms with Crippen molar-refractivity contribution in [2.24, 2.45) is 5.92 Å². The van der Waals surface area contributed by atoms with E-state index in [9.17, 15) is 9.50 Å². The minimum absolute atomic E-state index is 0.0767. The van der Waals surface area contributed by atoms with Crippen LogP contribution in [0.1, 0.15) is 24.0 Å². The minimum Gasteiger partial charge on any atom is -0.488 e. The van der Waals surface area contributed by atoms with E-state index in [2.05, 4.69) is 4.90 Å². The van der Waals surface area contributed by atoms with Gasteiger partial charge in [-0.3, -0.25) is 4.90 Å². The Hall–Kier alpha value is -1.66. The fourth-order valence-electron chi connectivity index (χ4n) is 3.48. The van der Waals surface area contributed by atoms with E-state index in [-0.39, 0.29) is 24.9 Å². The van der Waals surface area contributed by atoms with Crippen LogP contribution in [0.2, 0.25) is 5.02 Å². The third-order valence-corrected chi connectivity index (χ3v) is 5.52. The number of hydrogen-bond acceptors (Lipinski definition) is 4. The van der Waals surface area contributed by atoms with E-state index in [1.54, 1.807) is 12.1 Å². The number of piperidine rings is 1. The van der Waals surface area contributed by atoms with Crippen molar-refractivity contribution in [3.05, 3.63) is 64.4 Å². The zero-order valence-electron chi connectivity index (χ0n) is 15.2. The van der Waals surface area contributed by atoms with Crippen LogP contribution in [0.25, 0.3) is 0 Å². The van der Waals surface area contributed by atoms with Gasteiger partial charge >= 0.3 is 0 Å². The van der Waals surface area contributed by atoms with Crippen molar-refractivity contribution >= 4 is 11.6 Å². The average Bonchev–Trinajstić information content (AvgIpc) is 2.69. The van der Waals surface area contributed by atoms with E-state index >= 15 is 0 Å². The average molecular weight is 394 g/mol. The summed E-state index contributed by atoms with van der Waals surface area (Å²) in [5.74, 6) is 0.500. The molecule has 1 atom stereocenters. The first-order valence-electron chi connectivity index (χ1n) is 9.23. The monoisotopic (exact) mass is 393 g/mol. The topological polar surface area (TPSA) is 52.9 Å². The first-order valence-corrected chi connectivity index (χ1v) is 9.61. The first-order chi connectivity index (χ1) is 13.1. The van der Waals surface area contributed by atoms with Gasteiger partial charge in [-0.05, 0) is 50.0 Å². The molecule has 0 amide bonds. The fourth-order valence-corrected chi connectivity index (χ4v) is 3.70. The zero-order chi connectivity index (χ0) is 19.2. The molecule has 1 heterocycles. The van der Waals surface area contributed by atoms with Gasteiger partial charge in [-0.2, -0.15) is 0 Å². The molecule has 2 aromatic rings. The Morgan fingerprint density at radius 3 is 2.59 bits per heavy atom. The molecular formula is C21H25ClFNO3. The van der Waals surface area contributed by atoms with Gasteiger partial charge in [-0.1, -0.05) is 35.9 Å². The molecule has 4 nitrogen and oxygen atoms in total. The quantitative estimate of drug-likeness (QED) is 0.754. The molecule has 146 valence electrons. The van der Waals surface area contributed by atoms with Crippen LogP contribution < -0.4 is 4.74 Å². The van der Waals surface area contributed by atoms with E-state index in [0.29, 0.717) is 16.3 Å². The van der Waals surface area contributed by atoms with Crippen LogP contribution in [-0.2, 0) is 13.2 Å². The lowest BCUT2D eigenvalue weighted by molar-refractivity contribution is 0.0170. The summed E-state index contributed by atoms with van der Waals surface area (Å²) in [6.07, 6.45) is 1.08. The molecule has 1 saturated heterocycles. The van der Waals surface area contributed by atoms with Crippen molar-refractivity contribution in [2.45, 2.75) is 32.1 Å². The van der Waals surface area contributed by atoms with E-state index in [4.69, 9.17) is 21.4 Å². The Kier molecular flexibility index (Phi) is 7.07. The van der Waals surface area contributed by atoms with Crippen LogP contribution in [-0.4, -0.2) is 40.9 Å². The summed E-state index contributed by atoms with van der Waals surface area (Å²) in [5, 5.41) is 19.3. The van der Waals surface area contributed by atoms with Gasteiger partial charge in [0.2, 0.25) is 0 Å². The van der Waals surface area contributed by atoms with Crippen LogP contribution in [0, 0.1) is 11.7 Å². The van der Waals surface area contributed by atoms with Gasteiger partial charge in [0.25, 0.3) is 0 Å². The Labute approximate surface area is 164 Å². The van der Waals surface area contributed by atoms with Crippen molar-refractivity contribution in [3.8, 4) is 5.75 Å². The second-order valence-corrected chi connectivity index (χ2v) is 7.37. The van der Waals surface area contributed by atoms with Crippen LogP contribution in [0.3, 0.4) is 0 Å². The summed E-state index contributed by atoms with van der Waals surface area (Å²) < 4.78 is 19.8. The minimum atomic E-state index is -0.631. The van der Waals surface area contributed by atoms with E-state index in [1.807, 2.05) is 24.3 Å². The summed E-state index contributed by atoms with van der Waals surface area (Å²) in [6, 6.07) is 12.3. The van der Waals surface area contributed by atoms with Gasteiger partial charge in [-0.15, -0.1) is 0 Å². The van der Waals surface area contributed by atoms with E-state index in [0.717, 1.165) is 38.0 Å². The van der Waals surface area contributed by atoms with Gasteiger partial charge < -0.3 is 14.9 Å². The summed E-state index contributed by atoms with van der Waals surface area (Å²) in [6.45, 7) is 2.33. The van der Waals surface area contributed by atoms with Crippen LogP contribution in [0.4, 0.5) is 4.39 Å². The molecule has 2 aromatic carbocycles. The Morgan fingerprint density at radius 1 is 1.15 bits per heavy atom. The highest BCUT2D eigenvalue weighted by Crippen LogP contribution is 2.27. The normalized spacial score (nSPS) is 17.0. The van der Waals surface area contributed by atoms with Gasteiger partial charge in [0.15, 0.2) is 0 Å². The third-order valence-electron chi connectivity index (χ3n) is 5.16. The Morgan fingerprint density at radius 2 is 1.89 bits per heavy atom. The molecule has 27 heavy (non-hydrogen) atoms. The summed E-state index contributed by atoms with van der Waals surface area (Å²) in [7, 11) is 0. The van der Waals surface area contributed by atoms with Crippen molar-refractivity contribution in [3.63, 3.8) is 0 Å². The number of aliphatic hydroxyl groups is 2. The smallest absolute Gasteiger partial charge is 0.131 e. The van der Waals surface area contributed by atoms with Gasteiger partial charge in [-0.25, -0.2) is 4.39 Å². The highest BCUT2D eigenvalue weighted by Gasteiger charge is 2.25. The highest BCUT2D eigenvalue weighted by molar-refractivity contribution is 6.31.